The molecule has 1 heterocycles. The van der Waals surface area contributed by atoms with E-state index in [0.717, 1.165) is 25.9 Å². The molecule has 1 fully saturated rings. The van der Waals surface area contributed by atoms with Gasteiger partial charge in [-0.15, -0.1) is 0 Å². The molecule has 0 radical (unpaired) electrons. The van der Waals surface area contributed by atoms with Gasteiger partial charge in [0.2, 0.25) is 0 Å². The van der Waals surface area contributed by atoms with Gasteiger partial charge < -0.3 is 9.47 Å². The lowest BCUT2D eigenvalue weighted by Crippen LogP contribution is -2.14. The lowest BCUT2D eigenvalue weighted by Gasteiger charge is -2.13. The summed E-state index contributed by atoms with van der Waals surface area (Å²) in [5.74, 6) is 0.430. The first-order valence-corrected chi connectivity index (χ1v) is 5.23. The van der Waals surface area contributed by atoms with E-state index in [1.807, 2.05) is 6.08 Å². The molecule has 3 heteroatoms. The van der Waals surface area contributed by atoms with Crippen LogP contribution in [-0.4, -0.2) is 24.8 Å². The Hall–Kier alpha value is -0.830. The number of esters is 1. The number of fused-ring (bicyclic) bond motifs is 1. The minimum atomic E-state index is -0.201. The first-order chi connectivity index (χ1) is 6.75. The summed E-state index contributed by atoms with van der Waals surface area (Å²) < 4.78 is 10.7. The summed E-state index contributed by atoms with van der Waals surface area (Å²) in [5, 5.41) is 0. The summed E-state index contributed by atoms with van der Waals surface area (Å²) in [6, 6.07) is 0. The van der Waals surface area contributed by atoms with E-state index in [1.165, 1.54) is 6.92 Å². The van der Waals surface area contributed by atoms with Gasteiger partial charge in [0, 0.05) is 13.5 Å². The van der Waals surface area contributed by atoms with Gasteiger partial charge >= 0.3 is 5.97 Å². The average Bonchev–Trinajstić information content (AvgIpc) is 2.50. The zero-order valence-corrected chi connectivity index (χ0v) is 8.44. The van der Waals surface area contributed by atoms with Gasteiger partial charge in [-0.3, -0.25) is 4.79 Å². The van der Waals surface area contributed by atoms with Gasteiger partial charge in [-0.2, -0.15) is 0 Å². The largest absolute Gasteiger partial charge is 0.458 e. The fourth-order valence-corrected chi connectivity index (χ4v) is 2.20. The van der Waals surface area contributed by atoms with Crippen molar-refractivity contribution in [3.05, 3.63) is 12.2 Å². The summed E-state index contributed by atoms with van der Waals surface area (Å²) >= 11 is 0. The molecule has 2 aliphatic rings. The second-order valence-electron chi connectivity index (χ2n) is 3.99. The molecule has 0 aromatic carbocycles. The first-order valence-electron chi connectivity index (χ1n) is 5.23. The van der Waals surface area contributed by atoms with Gasteiger partial charge in [0.1, 0.15) is 6.10 Å². The highest BCUT2D eigenvalue weighted by Crippen LogP contribution is 2.30. The van der Waals surface area contributed by atoms with E-state index >= 15 is 0 Å². The molecule has 0 aromatic heterocycles. The molecular weight excluding hydrogens is 180 g/mol. The smallest absolute Gasteiger partial charge is 0.303 e. The van der Waals surface area contributed by atoms with Crippen molar-refractivity contribution < 1.29 is 14.3 Å². The quantitative estimate of drug-likeness (QED) is 0.472. The van der Waals surface area contributed by atoms with Crippen LogP contribution in [-0.2, 0) is 14.3 Å². The Bertz CT molecular complexity index is 247. The van der Waals surface area contributed by atoms with E-state index < -0.39 is 0 Å². The van der Waals surface area contributed by atoms with Crippen molar-refractivity contribution in [3.8, 4) is 0 Å². The van der Waals surface area contributed by atoms with Crippen molar-refractivity contribution in [2.24, 2.45) is 5.92 Å². The summed E-state index contributed by atoms with van der Waals surface area (Å²) in [6.45, 7) is 2.33. The van der Waals surface area contributed by atoms with Crippen LogP contribution in [0.5, 0.6) is 0 Å². The molecule has 2 rings (SSSR count). The number of carbonyl (C=O) groups excluding carboxylic acids is 1. The molecule has 1 saturated heterocycles. The van der Waals surface area contributed by atoms with E-state index in [9.17, 15) is 4.79 Å². The Morgan fingerprint density at radius 1 is 1.36 bits per heavy atom. The second-order valence-corrected chi connectivity index (χ2v) is 3.99. The SMILES string of the molecule is CC(=O)O[C@H]1C=C[C@@H]2OCC[C@@H]2CC1. The van der Waals surface area contributed by atoms with Gasteiger partial charge in [0.15, 0.2) is 0 Å². The van der Waals surface area contributed by atoms with Crippen LogP contribution in [0.1, 0.15) is 26.2 Å². The van der Waals surface area contributed by atoms with Gasteiger partial charge in [0.05, 0.1) is 6.10 Å². The van der Waals surface area contributed by atoms with E-state index in [-0.39, 0.29) is 18.2 Å². The Morgan fingerprint density at radius 3 is 3.00 bits per heavy atom. The highest BCUT2D eigenvalue weighted by atomic mass is 16.5. The third kappa shape index (κ3) is 2.15. The maximum absolute atomic E-state index is 10.8. The van der Waals surface area contributed by atoms with Crippen molar-refractivity contribution in [2.45, 2.75) is 38.4 Å². The average molecular weight is 196 g/mol. The molecule has 14 heavy (non-hydrogen) atoms. The zero-order chi connectivity index (χ0) is 9.97. The maximum Gasteiger partial charge on any atom is 0.303 e. The molecule has 0 bridgehead atoms. The molecule has 0 spiro atoms. The first kappa shape index (κ1) is 9.71. The molecule has 0 amide bonds. The summed E-state index contributed by atoms with van der Waals surface area (Å²) in [6.07, 6.45) is 7.41. The highest BCUT2D eigenvalue weighted by molar-refractivity contribution is 5.66. The normalized spacial score (nSPS) is 36.2. The van der Waals surface area contributed by atoms with Crippen molar-refractivity contribution >= 4 is 5.97 Å². The molecule has 0 N–H and O–H groups in total. The molecule has 0 aromatic rings. The predicted molar refractivity (Wildman–Crippen MR) is 51.8 cm³/mol. The predicted octanol–water partition coefficient (Wildman–Crippen LogP) is 1.67. The van der Waals surface area contributed by atoms with Crippen LogP contribution in [0.15, 0.2) is 12.2 Å². The number of ether oxygens (including phenoxy) is 2. The fraction of sp³-hybridized carbons (Fsp3) is 0.727. The van der Waals surface area contributed by atoms with Crippen LogP contribution in [0, 0.1) is 5.92 Å². The van der Waals surface area contributed by atoms with Crippen LogP contribution < -0.4 is 0 Å². The lowest BCUT2D eigenvalue weighted by atomic mass is 9.97. The Kier molecular flexibility index (Phi) is 2.87. The van der Waals surface area contributed by atoms with E-state index in [2.05, 4.69) is 6.08 Å². The van der Waals surface area contributed by atoms with Crippen molar-refractivity contribution in [1.29, 1.82) is 0 Å². The Morgan fingerprint density at radius 2 is 2.21 bits per heavy atom. The third-order valence-corrected chi connectivity index (χ3v) is 2.92. The summed E-state index contributed by atoms with van der Waals surface area (Å²) in [7, 11) is 0. The molecule has 3 atom stereocenters. The van der Waals surface area contributed by atoms with Crippen LogP contribution >= 0.6 is 0 Å². The van der Waals surface area contributed by atoms with E-state index in [0.29, 0.717) is 5.92 Å². The molecule has 0 saturated carbocycles. The van der Waals surface area contributed by atoms with Gasteiger partial charge in [0.25, 0.3) is 0 Å². The van der Waals surface area contributed by atoms with Crippen molar-refractivity contribution in [1.82, 2.24) is 0 Å². The van der Waals surface area contributed by atoms with E-state index in [1.54, 1.807) is 0 Å². The van der Waals surface area contributed by atoms with Crippen LogP contribution in [0.4, 0.5) is 0 Å². The minimum absolute atomic E-state index is 0.0401. The maximum atomic E-state index is 10.8. The second kappa shape index (κ2) is 4.13. The molecule has 0 unspecified atom stereocenters. The van der Waals surface area contributed by atoms with Gasteiger partial charge in [-0.25, -0.2) is 0 Å². The standard InChI is InChI=1S/C11H16O3/c1-8(12)14-10-3-2-9-6-7-13-11(9)5-4-10/h4-5,9-11H,2-3,6-7H2,1H3/t9-,10+,11-/m0/s1. The fourth-order valence-electron chi connectivity index (χ4n) is 2.20. The summed E-state index contributed by atoms with van der Waals surface area (Å²) in [5.41, 5.74) is 0. The Balaban J connectivity index is 1.95. The van der Waals surface area contributed by atoms with Crippen molar-refractivity contribution in [3.63, 3.8) is 0 Å². The third-order valence-electron chi connectivity index (χ3n) is 2.92. The van der Waals surface area contributed by atoms with Gasteiger partial charge in [-0.1, -0.05) is 6.08 Å². The van der Waals surface area contributed by atoms with Crippen LogP contribution in [0.3, 0.4) is 0 Å². The topological polar surface area (TPSA) is 35.5 Å². The highest BCUT2D eigenvalue weighted by Gasteiger charge is 2.29. The van der Waals surface area contributed by atoms with Crippen LogP contribution in [0.25, 0.3) is 0 Å². The number of carbonyl (C=O) groups is 1. The monoisotopic (exact) mass is 196 g/mol. The molecule has 1 aliphatic carbocycles. The molecular formula is C11H16O3. The Labute approximate surface area is 84.1 Å². The number of hydrogen-bond donors (Lipinski definition) is 0. The van der Waals surface area contributed by atoms with Gasteiger partial charge in [-0.05, 0) is 31.3 Å². The lowest BCUT2D eigenvalue weighted by molar-refractivity contribution is -0.144. The molecule has 1 aliphatic heterocycles. The molecule has 3 nitrogen and oxygen atoms in total. The summed E-state index contributed by atoms with van der Waals surface area (Å²) in [4.78, 5) is 10.8. The van der Waals surface area contributed by atoms with E-state index in [4.69, 9.17) is 9.47 Å². The zero-order valence-electron chi connectivity index (χ0n) is 8.44. The molecule has 78 valence electrons. The number of rotatable bonds is 1. The number of hydrogen-bond acceptors (Lipinski definition) is 3. The van der Waals surface area contributed by atoms with Crippen LogP contribution in [0.2, 0.25) is 0 Å². The van der Waals surface area contributed by atoms with Crippen molar-refractivity contribution in [2.75, 3.05) is 6.61 Å². The minimum Gasteiger partial charge on any atom is -0.458 e.